The standard InChI is InChI=1S/C19H16N2O4S/c1-25-15-9-13-10(8-14(15)22)5-6-16-17(13)21-19(26-16)20-12-4-2-3-11(7-12)18(23)24/h2-4,7-9,22H,5-6H2,1H3,(H,20,21)(H,23,24). The molecule has 26 heavy (non-hydrogen) atoms. The van der Waals surface area contributed by atoms with Gasteiger partial charge in [-0.05, 0) is 48.7 Å². The molecule has 0 saturated carbocycles. The molecule has 0 aliphatic heterocycles. The number of aryl methyl sites for hydroxylation is 2. The number of rotatable bonds is 4. The van der Waals surface area contributed by atoms with Crippen molar-refractivity contribution in [1.29, 1.82) is 0 Å². The molecule has 3 aromatic rings. The van der Waals surface area contributed by atoms with E-state index in [0.717, 1.165) is 34.5 Å². The van der Waals surface area contributed by atoms with E-state index in [1.165, 1.54) is 7.11 Å². The summed E-state index contributed by atoms with van der Waals surface area (Å²) in [7, 11) is 1.52. The number of aromatic nitrogens is 1. The van der Waals surface area contributed by atoms with Crippen molar-refractivity contribution in [3.05, 3.63) is 52.4 Å². The molecular formula is C19H16N2O4S. The molecule has 0 bridgehead atoms. The van der Waals surface area contributed by atoms with Gasteiger partial charge in [0, 0.05) is 16.1 Å². The highest BCUT2D eigenvalue weighted by Gasteiger charge is 2.23. The van der Waals surface area contributed by atoms with Crippen LogP contribution in [-0.4, -0.2) is 28.3 Å². The van der Waals surface area contributed by atoms with E-state index in [1.54, 1.807) is 35.6 Å². The number of nitrogens with zero attached hydrogens (tertiary/aromatic N) is 1. The average molecular weight is 368 g/mol. The molecule has 0 fully saturated rings. The Morgan fingerprint density at radius 2 is 2.12 bits per heavy atom. The van der Waals surface area contributed by atoms with Gasteiger partial charge in [0.05, 0.1) is 18.4 Å². The number of carboxylic acid groups (broad SMARTS) is 1. The van der Waals surface area contributed by atoms with Gasteiger partial charge < -0.3 is 20.3 Å². The number of aromatic hydroxyl groups is 1. The number of hydrogen-bond acceptors (Lipinski definition) is 6. The first-order valence-corrected chi connectivity index (χ1v) is 8.87. The number of phenolic OH excluding ortho intramolecular Hbond substituents is 1. The second-order valence-electron chi connectivity index (χ2n) is 5.98. The quantitative estimate of drug-likeness (QED) is 0.643. The van der Waals surface area contributed by atoms with E-state index in [0.29, 0.717) is 16.6 Å². The predicted molar refractivity (Wildman–Crippen MR) is 99.9 cm³/mol. The van der Waals surface area contributed by atoms with Crippen LogP contribution in [0.4, 0.5) is 10.8 Å². The van der Waals surface area contributed by atoms with Crippen molar-refractivity contribution in [2.24, 2.45) is 0 Å². The number of phenols is 1. The fraction of sp³-hybridized carbons (Fsp3) is 0.158. The summed E-state index contributed by atoms with van der Waals surface area (Å²) in [6, 6.07) is 10.2. The molecule has 0 unspecified atom stereocenters. The first-order chi connectivity index (χ1) is 12.5. The molecule has 1 aromatic heterocycles. The van der Waals surface area contributed by atoms with Crippen LogP contribution in [0.25, 0.3) is 11.3 Å². The minimum atomic E-state index is -0.965. The molecule has 2 aromatic carbocycles. The number of aromatic carboxylic acids is 1. The van der Waals surface area contributed by atoms with Crippen LogP contribution in [0.1, 0.15) is 20.8 Å². The number of carboxylic acids is 1. The third-order valence-electron chi connectivity index (χ3n) is 4.34. The number of anilines is 2. The highest BCUT2D eigenvalue weighted by atomic mass is 32.1. The SMILES string of the molecule is COc1cc2c(cc1O)CCc1sc(Nc3cccc(C(=O)O)c3)nc1-2. The molecule has 3 N–H and O–H groups in total. The Morgan fingerprint density at radius 3 is 2.88 bits per heavy atom. The average Bonchev–Trinajstić information content (AvgIpc) is 3.04. The topological polar surface area (TPSA) is 91.7 Å². The van der Waals surface area contributed by atoms with Gasteiger partial charge in [-0.3, -0.25) is 0 Å². The van der Waals surface area contributed by atoms with Crippen LogP contribution < -0.4 is 10.1 Å². The maximum absolute atomic E-state index is 11.1. The minimum Gasteiger partial charge on any atom is -0.504 e. The molecule has 4 rings (SSSR count). The van der Waals surface area contributed by atoms with Crippen molar-refractivity contribution in [3.63, 3.8) is 0 Å². The molecule has 7 heteroatoms. The lowest BCUT2D eigenvalue weighted by atomic mass is 9.93. The Labute approximate surface area is 153 Å². The fourth-order valence-corrected chi connectivity index (χ4v) is 4.08. The molecule has 0 radical (unpaired) electrons. The van der Waals surface area contributed by atoms with Gasteiger partial charge in [-0.2, -0.15) is 0 Å². The largest absolute Gasteiger partial charge is 0.504 e. The first kappa shape index (κ1) is 16.4. The Morgan fingerprint density at radius 1 is 1.27 bits per heavy atom. The molecule has 1 aliphatic rings. The van der Waals surface area contributed by atoms with Crippen LogP contribution in [0.5, 0.6) is 11.5 Å². The third kappa shape index (κ3) is 2.86. The normalized spacial score (nSPS) is 12.2. The summed E-state index contributed by atoms with van der Waals surface area (Å²) in [6.07, 6.45) is 1.68. The van der Waals surface area contributed by atoms with Crippen LogP contribution >= 0.6 is 11.3 Å². The lowest BCUT2D eigenvalue weighted by Crippen LogP contribution is -2.02. The van der Waals surface area contributed by atoms with Crippen LogP contribution in [0, 0.1) is 0 Å². The molecule has 0 atom stereocenters. The number of benzene rings is 2. The van der Waals surface area contributed by atoms with E-state index in [9.17, 15) is 9.90 Å². The maximum atomic E-state index is 11.1. The zero-order valence-electron chi connectivity index (χ0n) is 13.9. The summed E-state index contributed by atoms with van der Waals surface area (Å²) in [4.78, 5) is 17.0. The van der Waals surface area contributed by atoms with Gasteiger partial charge >= 0.3 is 5.97 Å². The molecule has 1 aliphatic carbocycles. The highest BCUT2D eigenvalue weighted by Crippen LogP contribution is 2.42. The number of hydrogen-bond donors (Lipinski definition) is 3. The van der Waals surface area contributed by atoms with Crippen molar-refractivity contribution in [1.82, 2.24) is 4.98 Å². The van der Waals surface area contributed by atoms with Gasteiger partial charge in [0.15, 0.2) is 16.6 Å². The van der Waals surface area contributed by atoms with Gasteiger partial charge in [-0.1, -0.05) is 6.07 Å². The second-order valence-corrected chi connectivity index (χ2v) is 7.07. The van der Waals surface area contributed by atoms with Gasteiger partial charge in [0.1, 0.15) is 0 Å². The van der Waals surface area contributed by atoms with E-state index >= 15 is 0 Å². The Balaban J connectivity index is 1.69. The van der Waals surface area contributed by atoms with Gasteiger partial charge in [0.25, 0.3) is 0 Å². The smallest absolute Gasteiger partial charge is 0.335 e. The lowest BCUT2D eigenvalue weighted by Gasteiger charge is -2.16. The van der Waals surface area contributed by atoms with Crippen molar-refractivity contribution in [2.45, 2.75) is 12.8 Å². The zero-order valence-corrected chi connectivity index (χ0v) is 14.8. The Bertz CT molecular complexity index is 1010. The summed E-state index contributed by atoms with van der Waals surface area (Å²) < 4.78 is 5.22. The number of carbonyl (C=O) groups is 1. The third-order valence-corrected chi connectivity index (χ3v) is 5.37. The molecule has 1 heterocycles. The Hall–Kier alpha value is -3.06. The fourth-order valence-electron chi connectivity index (χ4n) is 3.09. The second kappa shape index (κ2) is 6.34. The molecule has 0 amide bonds. The minimum absolute atomic E-state index is 0.133. The molecule has 132 valence electrons. The number of thiazole rings is 1. The maximum Gasteiger partial charge on any atom is 0.335 e. The Kier molecular flexibility index (Phi) is 4.00. The van der Waals surface area contributed by atoms with Gasteiger partial charge in [-0.25, -0.2) is 9.78 Å². The van der Waals surface area contributed by atoms with E-state index in [1.807, 2.05) is 12.1 Å². The van der Waals surface area contributed by atoms with Gasteiger partial charge in [0.2, 0.25) is 0 Å². The predicted octanol–water partition coefficient (Wildman–Crippen LogP) is 4.06. The van der Waals surface area contributed by atoms with E-state index in [2.05, 4.69) is 10.3 Å². The van der Waals surface area contributed by atoms with Crippen molar-refractivity contribution in [2.75, 3.05) is 12.4 Å². The van der Waals surface area contributed by atoms with E-state index < -0.39 is 5.97 Å². The van der Waals surface area contributed by atoms with Crippen LogP contribution in [-0.2, 0) is 12.8 Å². The zero-order chi connectivity index (χ0) is 18.3. The van der Waals surface area contributed by atoms with Gasteiger partial charge in [-0.15, -0.1) is 11.3 Å². The van der Waals surface area contributed by atoms with Crippen molar-refractivity contribution in [3.8, 4) is 22.8 Å². The number of methoxy groups -OCH3 is 1. The van der Waals surface area contributed by atoms with Crippen LogP contribution in [0.2, 0.25) is 0 Å². The highest BCUT2D eigenvalue weighted by molar-refractivity contribution is 7.16. The van der Waals surface area contributed by atoms with Crippen molar-refractivity contribution >= 4 is 28.1 Å². The molecule has 6 nitrogen and oxygen atoms in total. The number of ether oxygens (including phenoxy) is 1. The molecule has 0 spiro atoms. The molecular weight excluding hydrogens is 352 g/mol. The van der Waals surface area contributed by atoms with Crippen molar-refractivity contribution < 1.29 is 19.7 Å². The monoisotopic (exact) mass is 368 g/mol. The molecule has 0 saturated heterocycles. The summed E-state index contributed by atoms with van der Waals surface area (Å²) in [5, 5.41) is 23.0. The summed E-state index contributed by atoms with van der Waals surface area (Å²) in [5.74, 6) is -0.407. The summed E-state index contributed by atoms with van der Waals surface area (Å²) in [5.41, 5.74) is 3.79. The van der Waals surface area contributed by atoms with Crippen LogP contribution in [0.3, 0.4) is 0 Å². The van der Waals surface area contributed by atoms with Crippen LogP contribution in [0.15, 0.2) is 36.4 Å². The number of fused-ring (bicyclic) bond motifs is 3. The number of nitrogens with one attached hydrogen (secondary N) is 1. The first-order valence-electron chi connectivity index (χ1n) is 8.05. The lowest BCUT2D eigenvalue weighted by molar-refractivity contribution is 0.0697. The van der Waals surface area contributed by atoms with E-state index in [-0.39, 0.29) is 11.3 Å². The summed E-state index contributed by atoms with van der Waals surface area (Å²) in [6.45, 7) is 0. The van der Waals surface area contributed by atoms with E-state index in [4.69, 9.17) is 9.84 Å². The summed E-state index contributed by atoms with van der Waals surface area (Å²) >= 11 is 1.55.